The van der Waals surface area contributed by atoms with Gasteiger partial charge in [0.25, 0.3) is 5.56 Å². The van der Waals surface area contributed by atoms with Crippen molar-refractivity contribution in [2.45, 2.75) is 59.0 Å². The van der Waals surface area contributed by atoms with Gasteiger partial charge in [-0.15, -0.1) is 5.10 Å². The molecule has 172 valence electrons. The number of H-pyrrole nitrogens is 1. The molecule has 32 heavy (non-hydrogen) atoms. The van der Waals surface area contributed by atoms with Gasteiger partial charge < -0.3 is 4.74 Å². The zero-order valence-electron chi connectivity index (χ0n) is 18.6. The van der Waals surface area contributed by atoms with E-state index in [0.717, 1.165) is 43.3 Å². The van der Waals surface area contributed by atoms with E-state index in [1.165, 1.54) is 10.1 Å². The van der Waals surface area contributed by atoms with Crippen LogP contribution < -0.4 is 16.0 Å². The lowest BCUT2D eigenvalue weighted by Gasteiger charge is -2.12. The van der Waals surface area contributed by atoms with Gasteiger partial charge in [0, 0.05) is 13.1 Å². The van der Waals surface area contributed by atoms with Crippen molar-refractivity contribution in [1.29, 1.82) is 0 Å². The lowest BCUT2D eigenvalue weighted by molar-refractivity contribution is 0.256. The van der Waals surface area contributed by atoms with E-state index in [-0.39, 0.29) is 0 Å². The average Bonchev–Trinajstić information content (AvgIpc) is 3.24. The summed E-state index contributed by atoms with van der Waals surface area (Å²) in [5.74, 6) is 0.454. The Morgan fingerprint density at radius 1 is 1.19 bits per heavy atom. The van der Waals surface area contributed by atoms with Gasteiger partial charge in [-0.05, 0) is 49.3 Å². The molecule has 0 saturated heterocycles. The molecule has 0 aliphatic carbocycles. The highest BCUT2D eigenvalue weighted by Crippen LogP contribution is 2.16. The summed E-state index contributed by atoms with van der Waals surface area (Å²) < 4.78 is 22.3. The number of aromatic nitrogens is 5. The van der Waals surface area contributed by atoms with Crippen molar-refractivity contribution < 1.29 is 9.13 Å². The molecule has 2 aromatic heterocycles. The van der Waals surface area contributed by atoms with E-state index in [9.17, 15) is 14.0 Å². The zero-order valence-corrected chi connectivity index (χ0v) is 18.6. The molecule has 0 bridgehead atoms. The molecule has 0 aliphatic heterocycles. The Morgan fingerprint density at radius 2 is 2.03 bits per heavy atom. The molecule has 1 N–H and O–H groups in total. The monoisotopic (exact) mass is 443 g/mol. The third-order valence-electron chi connectivity index (χ3n) is 5.49. The molecule has 1 aromatic carbocycles. The number of nitrogens with zero attached hydrogens (tertiary/aromatic N) is 4. The van der Waals surface area contributed by atoms with Crippen LogP contribution in [0.15, 0.2) is 46.2 Å². The summed E-state index contributed by atoms with van der Waals surface area (Å²) >= 11 is 0. The van der Waals surface area contributed by atoms with Gasteiger partial charge in [0.05, 0.1) is 24.7 Å². The van der Waals surface area contributed by atoms with Gasteiger partial charge in [0.2, 0.25) is 5.82 Å². The molecule has 3 rings (SSSR count). The molecule has 0 radical (unpaired) electrons. The number of aryl methyl sites for hydroxylation is 4. The summed E-state index contributed by atoms with van der Waals surface area (Å²) in [6.45, 7) is 6.08. The highest BCUT2D eigenvalue weighted by molar-refractivity contribution is 5.28. The fraction of sp³-hybridized carbons (Fsp3) is 0.478. The van der Waals surface area contributed by atoms with Crippen LogP contribution in [0.5, 0.6) is 5.75 Å². The van der Waals surface area contributed by atoms with Crippen molar-refractivity contribution in [2.75, 3.05) is 6.61 Å². The summed E-state index contributed by atoms with van der Waals surface area (Å²) in [7, 11) is 0. The van der Waals surface area contributed by atoms with Crippen LogP contribution in [0.2, 0.25) is 0 Å². The minimum Gasteiger partial charge on any atom is -0.493 e. The lowest BCUT2D eigenvalue weighted by atomic mass is 10.1. The third kappa shape index (κ3) is 6.63. The van der Waals surface area contributed by atoms with Crippen LogP contribution in [0.25, 0.3) is 0 Å². The van der Waals surface area contributed by atoms with Gasteiger partial charge >= 0.3 is 5.69 Å². The maximum absolute atomic E-state index is 13.4. The molecule has 0 saturated carbocycles. The Balaban J connectivity index is 1.48. The number of nitrogens with one attached hydrogen (secondary N) is 1. The van der Waals surface area contributed by atoms with Crippen LogP contribution in [-0.4, -0.2) is 31.2 Å². The minimum atomic E-state index is -0.992. The molecule has 0 amide bonds. The number of hydrogen-bond donors (Lipinski definition) is 1. The van der Waals surface area contributed by atoms with Crippen LogP contribution in [0.3, 0.4) is 0 Å². The second-order valence-corrected chi connectivity index (χ2v) is 8.06. The Hall–Kier alpha value is -3.23. The van der Waals surface area contributed by atoms with E-state index in [1.54, 1.807) is 6.20 Å². The lowest BCUT2D eigenvalue weighted by Crippen LogP contribution is -2.31. The van der Waals surface area contributed by atoms with Crippen molar-refractivity contribution in [1.82, 2.24) is 24.5 Å². The molecule has 9 heteroatoms. The van der Waals surface area contributed by atoms with Gasteiger partial charge in [-0.1, -0.05) is 37.6 Å². The van der Waals surface area contributed by atoms with E-state index in [4.69, 9.17) is 4.74 Å². The standard InChI is InChI=1S/C23H30FN5O3/c1-3-17(2)16-32-20-9-6-7-18(13-20)10-12-29-19(14-25-27-29)8-4-5-11-28-15-21(24)22(30)26-23(28)31/h6-7,9,13-15,17H,3-5,8,10-12,16H2,1-2H3,(H,26,30,31)/t17-/m0/s1. The van der Waals surface area contributed by atoms with E-state index in [0.29, 0.717) is 32.0 Å². The normalized spacial score (nSPS) is 12.1. The maximum atomic E-state index is 13.4. The van der Waals surface area contributed by atoms with Crippen molar-refractivity contribution in [3.63, 3.8) is 0 Å². The molecule has 1 atom stereocenters. The summed E-state index contributed by atoms with van der Waals surface area (Å²) in [5.41, 5.74) is 0.592. The first-order valence-electron chi connectivity index (χ1n) is 11.0. The fourth-order valence-electron chi connectivity index (χ4n) is 3.28. The van der Waals surface area contributed by atoms with Gasteiger partial charge in [-0.2, -0.15) is 4.39 Å². The summed E-state index contributed by atoms with van der Waals surface area (Å²) in [6, 6.07) is 8.13. The molecule has 8 nitrogen and oxygen atoms in total. The second-order valence-electron chi connectivity index (χ2n) is 8.06. The largest absolute Gasteiger partial charge is 0.493 e. The van der Waals surface area contributed by atoms with Crippen LogP contribution in [0, 0.1) is 11.7 Å². The van der Waals surface area contributed by atoms with Crippen LogP contribution in [-0.2, 0) is 25.9 Å². The highest BCUT2D eigenvalue weighted by Gasteiger charge is 2.07. The quantitative estimate of drug-likeness (QED) is 0.434. The Labute approximate surface area is 186 Å². The third-order valence-corrected chi connectivity index (χ3v) is 5.49. The molecule has 0 unspecified atom stereocenters. The average molecular weight is 444 g/mol. The Morgan fingerprint density at radius 3 is 2.84 bits per heavy atom. The van der Waals surface area contributed by atoms with Crippen molar-refractivity contribution in [3.05, 3.63) is 74.6 Å². The highest BCUT2D eigenvalue weighted by atomic mass is 19.1. The Kier molecular flexibility index (Phi) is 8.35. The SMILES string of the molecule is CC[C@H](C)COc1cccc(CCn2nncc2CCCCn2cc(F)c(=O)[nH]c2=O)c1. The van der Waals surface area contributed by atoms with Crippen LogP contribution >= 0.6 is 0 Å². The first kappa shape index (κ1) is 23.4. The van der Waals surface area contributed by atoms with E-state index < -0.39 is 17.1 Å². The van der Waals surface area contributed by atoms with Gasteiger partial charge in [0.1, 0.15) is 5.75 Å². The van der Waals surface area contributed by atoms with Crippen molar-refractivity contribution in [2.24, 2.45) is 5.92 Å². The summed E-state index contributed by atoms with van der Waals surface area (Å²) in [6.07, 6.45) is 6.78. The molecule has 0 fully saturated rings. The molecule has 0 aliphatic rings. The molecule has 3 aromatic rings. The number of hydrogen-bond acceptors (Lipinski definition) is 5. The van der Waals surface area contributed by atoms with Crippen molar-refractivity contribution in [3.8, 4) is 5.75 Å². The van der Waals surface area contributed by atoms with Crippen LogP contribution in [0.4, 0.5) is 4.39 Å². The zero-order chi connectivity index (χ0) is 22.9. The van der Waals surface area contributed by atoms with Gasteiger partial charge in [-0.3, -0.25) is 14.3 Å². The summed E-state index contributed by atoms with van der Waals surface area (Å²) in [4.78, 5) is 24.8. The molecular weight excluding hydrogens is 413 g/mol. The fourth-order valence-corrected chi connectivity index (χ4v) is 3.28. The number of rotatable bonds is 12. The number of halogens is 1. The molecule has 2 heterocycles. The van der Waals surface area contributed by atoms with E-state index in [2.05, 4.69) is 36.3 Å². The second kappa shape index (κ2) is 11.4. The number of unbranched alkanes of at least 4 members (excludes halogenated alkanes) is 1. The topological polar surface area (TPSA) is 94.8 Å². The number of ether oxygens (including phenoxy) is 1. The van der Waals surface area contributed by atoms with Crippen molar-refractivity contribution >= 4 is 0 Å². The predicted octanol–water partition coefficient (Wildman–Crippen LogP) is 2.96. The Bertz CT molecular complexity index is 1120. The van der Waals surface area contributed by atoms with Gasteiger partial charge in [-0.25, -0.2) is 9.48 Å². The number of aromatic amines is 1. The predicted molar refractivity (Wildman–Crippen MR) is 119 cm³/mol. The molecular formula is C23H30FN5O3. The first-order valence-corrected chi connectivity index (χ1v) is 11.0. The summed E-state index contributed by atoms with van der Waals surface area (Å²) in [5, 5.41) is 8.21. The maximum Gasteiger partial charge on any atom is 0.328 e. The van der Waals surface area contributed by atoms with Gasteiger partial charge in [0.15, 0.2) is 0 Å². The first-order chi connectivity index (χ1) is 15.5. The number of benzene rings is 1. The van der Waals surface area contributed by atoms with E-state index >= 15 is 0 Å². The smallest absolute Gasteiger partial charge is 0.328 e. The van der Waals surface area contributed by atoms with Crippen LogP contribution in [0.1, 0.15) is 44.4 Å². The van der Waals surface area contributed by atoms with E-state index in [1.807, 2.05) is 21.8 Å². The minimum absolute atomic E-state index is 0.331. The molecule has 0 spiro atoms.